The van der Waals surface area contributed by atoms with Gasteiger partial charge in [0.2, 0.25) is 5.91 Å². The first kappa shape index (κ1) is 23.2. The number of carbonyl (C=O) groups is 3. The van der Waals surface area contributed by atoms with Gasteiger partial charge in [0.05, 0.1) is 0 Å². The first-order valence-electron chi connectivity index (χ1n) is 10.9. The van der Waals surface area contributed by atoms with Gasteiger partial charge in [0.1, 0.15) is 11.9 Å². The lowest BCUT2D eigenvalue weighted by Crippen LogP contribution is -2.56. The van der Waals surface area contributed by atoms with Crippen molar-refractivity contribution < 1.29 is 18.8 Å². The smallest absolute Gasteiger partial charge is 0.315 e. The second kappa shape index (κ2) is 11.3. The Balaban J connectivity index is 1.50. The molecule has 1 fully saturated rings. The summed E-state index contributed by atoms with van der Waals surface area (Å²) in [6.07, 6.45) is 1.26. The van der Waals surface area contributed by atoms with Gasteiger partial charge in [0.25, 0.3) is 5.91 Å². The summed E-state index contributed by atoms with van der Waals surface area (Å²) in [7, 11) is 0. The van der Waals surface area contributed by atoms with Crippen LogP contribution in [0.5, 0.6) is 0 Å². The maximum absolute atomic E-state index is 13.0. The van der Waals surface area contributed by atoms with Crippen LogP contribution in [0.3, 0.4) is 0 Å². The highest BCUT2D eigenvalue weighted by Crippen LogP contribution is 2.11. The predicted molar refractivity (Wildman–Crippen MR) is 119 cm³/mol. The molecule has 1 atom stereocenters. The van der Waals surface area contributed by atoms with Gasteiger partial charge >= 0.3 is 6.03 Å². The molecule has 1 heterocycles. The van der Waals surface area contributed by atoms with Crippen LogP contribution < -0.4 is 10.6 Å². The van der Waals surface area contributed by atoms with Gasteiger partial charge in [-0.25, -0.2) is 9.18 Å². The number of urea groups is 1. The Bertz CT molecular complexity index is 913. The zero-order chi connectivity index (χ0) is 22.9. The molecule has 0 spiro atoms. The van der Waals surface area contributed by atoms with Crippen LogP contribution in [0.25, 0.3) is 0 Å². The second-order valence-corrected chi connectivity index (χ2v) is 7.78. The number of halogens is 1. The molecule has 1 aliphatic rings. The topological polar surface area (TPSA) is 81.8 Å². The predicted octanol–water partition coefficient (Wildman–Crippen LogP) is 2.78. The monoisotopic (exact) mass is 440 g/mol. The van der Waals surface area contributed by atoms with Gasteiger partial charge in [-0.2, -0.15) is 0 Å². The molecule has 3 rings (SSSR count). The zero-order valence-electron chi connectivity index (χ0n) is 18.2. The first-order valence-corrected chi connectivity index (χ1v) is 10.9. The third-order valence-corrected chi connectivity index (χ3v) is 5.45. The summed E-state index contributed by atoms with van der Waals surface area (Å²) in [6, 6.07) is 13.9. The maximum atomic E-state index is 13.0. The highest BCUT2D eigenvalue weighted by atomic mass is 19.1. The molecule has 1 unspecified atom stereocenters. The summed E-state index contributed by atoms with van der Waals surface area (Å²) >= 11 is 0. The lowest BCUT2D eigenvalue weighted by atomic mass is 10.1. The molecule has 32 heavy (non-hydrogen) atoms. The fourth-order valence-corrected chi connectivity index (χ4v) is 3.65. The fourth-order valence-electron chi connectivity index (χ4n) is 3.65. The molecule has 1 saturated heterocycles. The van der Waals surface area contributed by atoms with Gasteiger partial charge in [-0.05, 0) is 36.2 Å². The average Bonchev–Trinajstić information content (AvgIpc) is 2.83. The molecule has 8 heteroatoms. The molecule has 0 bridgehead atoms. The Morgan fingerprint density at radius 2 is 1.56 bits per heavy atom. The summed E-state index contributed by atoms with van der Waals surface area (Å²) in [4.78, 5) is 41.4. The van der Waals surface area contributed by atoms with Crippen LogP contribution in [0, 0.1) is 5.82 Å². The van der Waals surface area contributed by atoms with Crippen LogP contribution in [0.1, 0.15) is 35.7 Å². The Labute approximate surface area is 187 Å². The molecule has 0 radical (unpaired) electrons. The first-order chi connectivity index (χ1) is 15.5. The van der Waals surface area contributed by atoms with Gasteiger partial charge in [-0.1, -0.05) is 43.7 Å². The summed E-state index contributed by atoms with van der Waals surface area (Å²) in [5, 5.41) is 5.47. The molecule has 0 aliphatic carbocycles. The van der Waals surface area contributed by atoms with Crippen molar-refractivity contribution in [3.05, 3.63) is 71.5 Å². The Morgan fingerprint density at radius 3 is 2.19 bits per heavy atom. The van der Waals surface area contributed by atoms with E-state index in [9.17, 15) is 18.8 Å². The van der Waals surface area contributed by atoms with E-state index in [0.717, 1.165) is 12.0 Å². The van der Waals surface area contributed by atoms with Crippen molar-refractivity contribution in [2.75, 3.05) is 26.2 Å². The molecule has 7 nitrogen and oxygen atoms in total. The van der Waals surface area contributed by atoms with E-state index in [4.69, 9.17) is 0 Å². The van der Waals surface area contributed by atoms with Gasteiger partial charge in [-0.15, -0.1) is 0 Å². The molecular formula is C24H29FN4O3. The summed E-state index contributed by atoms with van der Waals surface area (Å²) in [6.45, 7) is 3.95. The Hall–Kier alpha value is -3.42. The number of amides is 4. The molecule has 2 aromatic carbocycles. The minimum atomic E-state index is -0.635. The minimum absolute atomic E-state index is 0.0406. The third kappa shape index (κ3) is 6.29. The van der Waals surface area contributed by atoms with E-state index in [-0.39, 0.29) is 24.2 Å². The van der Waals surface area contributed by atoms with Crippen LogP contribution >= 0.6 is 0 Å². The van der Waals surface area contributed by atoms with Crippen molar-refractivity contribution in [1.82, 2.24) is 20.4 Å². The number of nitrogens with one attached hydrogen (secondary N) is 2. The molecule has 2 N–H and O–H groups in total. The molecule has 0 saturated carbocycles. The van der Waals surface area contributed by atoms with E-state index >= 15 is 0 Å². The van der Waals surface area contributed by atoms with Crippen LogP contribution in [0.4, 0.5) is 9.18 Å². The minimum Gasteiger partial charge on any atom is -0.337 e. The zero-order valence-corrected chi connectivity index (χ0v) is 18.2. The van der Waals surface area contributed by atoms with Gasteiger partial charge < -0.3 is 20.4 Å². The second-order valence-electron chi connectivity index (χ2n) is 7.78. The lowest BCUT2D eigenvalue weighted by molar-refractivity contribution is -0.134. The number of hydrogen-bond acceptors (Lipinski definition) is 3. The van der Waals surface area contributed by atoms with Gasteiger partial charge in [0, 0.05) is 38.3 Å². The third-order valence-electron chi connectivity index (χ3n) is 5.45. The average molecular weight is 441 g/mol. The highest BCUT2D eigenvalue weighted by Gasteiger charge is 2.29. The molecule has 2 aromatic rings. The SMILES string of the molecule is CCCC(NC(=O)NCc1ccc(F)cc1)C(=O)N1CCN(C(=O)c2ccccc2)CC1. The number of rotatable bonds is 7. The van der Waals surface area contributed by atoms with Crippen molar-refractivity contribution in [2.45, 2.75) is 32.4 Å². The number of carbonyl (C=O) groups excluding carboxylic acids is 3. The molecule has 4 amide bonds. The van der Waals surface area contributed by atoms with Crippen molar-refractivity contribution in [3.8, 4) is 0 Å². The van der Waals surface area contributed by atoms with E-state index in [1.807, 2.05) is 25.1 Å². The summed E-state index contributed by atoms with van der Waals surface area (Å²) in [5.74, 6) is -0.519. The van der Waals surface area contributed by atoms with E-state index in [1.54, 1.807) is 34.1 Å². The van der Waals surface area contributed by atoms with Crippen LogP contribution in [-0.4, -0.2) is 59.9 Å². The Kier molecular flexibility index (Phi) is 8.19. The van der Waals surface area contributed by atoms with Gasteiger partial charge in [0.15, 0.2) is 0 Å². The van der Waals surface area contributed by atoms with E-state index in [2.05, 4.69) is 10.6 Å². The largest absolute Gasteiger partial charge is 0.337 e. The standard InChI is InChI=1S/C24H29FN4O3/c1-2-6-21(27-24(32)26-17-18-9-11-20(25)12-10-18)23(31)29-15-13-28(14-16-29)22(30)19-7-4-3-5-8-19/h3-5,7-12,21H,2,6,13-17H2,1H3,(H2,26,27,32). The van der Waals surface area contributed by atoms with Crippen molar-refractivity contribution >= 4 is 17.8 Å². The number of nitrogens with zero attached hydrogens (tertiary/aromatic N) is 2. The molecule has 0 aromatic heterocycles. The van der Waals surface area contributed by atoms with Crippen LogP contribution in [0.15, 0.2) is 54.6 Å². The van der Waals surface area contributed by atoms with Crippen LogP contribution in [-0.2, 0) is 11.3 Å². The quantitative estimate of drug-likeness (QED) is 0.695. The van der Waals surface area contributed by atoms with Gasteiger partial charge in [-0.3, -0.25) is 9.59 Å². The lowest BCUT2D eigenvalue weighted by Gasteiger charge is -2.36. The molecular weight excluding hydrogens is 411 g/mol. The normalized spacial score (nSPS) is 14.6. The van der Waals surface area contributed by atoms with E-state index < -0.39 is 12.1 Å². The summed E-state index contributed by atoms with van der Waals surface area (Å²) < 4.78 is 13.0. The number of piperazine rings is 1. The number of hydrogen-bond donors (Lipinski definition) is 2. The van der Waals surface area contributed by atoms with Crippen molar-refractivity contribution in [3.63, 3.8) is 0 Å². The summed E-state index contributed by atoms with van der Waals surface area (Å²) in [5.41, 5.74) is 1.40. The van der Waals surface area contributed by atoms with Crippen LogP contribution in [0.2, 0.25) is 0 Å². The molecule has 170 valence electrons. The number of benzene rings is 2. The van der Waals surface area contributed by atoms with Crippen molar-refractivity contribution in [2.24, 2.45) is 0 Å². The van der Waals surface area contributed by atoms with E-state index in [1.165, 1.54) is 12.1 Å². The fraction of sp³-hybridized carbons (Fsp3) is 0.375. The highest BCUT2D eigenvalue weighted by molar-refractivity contribution is 5.94. The maximum Gasteiger partial charge on any atom is 0.315 e. The molecule has 1 aliphatic heterocycles. The van der Waals surface area contributed by atoms with E-state index in [0.29, 0.717) is 38.2 Å². The van der Waals surface area contributed by atoms with Crippen molar-refractivity contribution in [1.29, 1.82) is 0 Å². The Morgan fingerprint density at radius 1 is 0.938 bits per heavy atom.